The predicted octanol–water partition coefficient (Wildman–Crippen LogP) is 5.61. The summed E-state index contributed by atoms with van der Waals surface area (Å²) in [7, 11) is -7.97. The number of carbonyl (C=O) groups is 1. The zero-order chi connectivity index (χ0) is 27.1. The van der Waals surface area contributed by atoms with Gasteiger partial charge in [-0.15, -0.1) is 0 Å². The number of nitrogens with one attached hydrogen (secondary N) is 2. The van der Waals surface area contributed by atoms with Gasteiger partial charge in [0.2, 0.25) is 5.91 Å². The highest BCUT2D eigenvalue weighted by molar-refractivity contribution is 7.93. The Labute approximate surface area is 229 Å². The summed E-state index contributed by atoms with van der Waals surface area (Å²) in [5.74, 6) is -0.595. The van der Waals surface area contributed by atoms with E-state index in [2.05, 4.69) is 10.0 Å². The smallest absolute Gasteiger partial charge is 0.265 e. The Bertz CT molecular complexity index is 1780. The number of rotatable bonds is 6. The van der Waals surface area contributed by atoms with Gasteiger partial charge in [-0.1, -0.05) is 65.7 Å². The first-order valence-corrected chi connectivity index (χ1v) is 14.8. The van der Waals surface area contributed by atoms with Gasteiger partial charge in [-0.2, -0.15) is 0 Å². The Kier molecular flexibility index (Phi) is 6.83. The number of para-hydroxylation sites is 1. The van der Waals surface area contributed by atoms with E-state index >= 15 is 0 Å². The quantitative estimate of drug-likeness (QED) is 0.304. The van der Waals surface area contributed by atoms with Gasteiger partial charge in [0.25, 0.3) is 20.0 Å². The molecule has 0 saturated heterocycles. The molecule has 0 aromatic heterocycles. The van der Waals surface area contributed by atoms with Crippen LogP contribution in [0, 0.1) is 0 Å². The summed E-state index contributed by atoms with van der Waals surface area (Å²) in [5.41, 5.74) is 2.09. The van der Waals surface area contributed by atoms with Gasteiger partial charge in [0.15, 0.2) is 0 Å². The summed E-state index contributed by atoms with van der Waals surface area (Å²) in [6.45, 7) is -0.470. The Balaban J connectivity index is 1.34. The number of fused-ring (bicyclic) bond motifs is 3. The van der Waals surface area contributed by atoms with Crippen LogP contribution in [0.3, 0.4) is 0 Å². The van der Waals surface area contributed by atoms with Crippen LogP contribution in [0.25, 0.3) is 11.1 Å². The molecule has 1 amide bonds. The van der Waals surface area contributed by atoms with Gasteiger partial charge in [-0.25, -0.2) is 16.8 Å². The number of hydrogen-bond donors (Lipinski definition) is 2. The molecule has 0 saturated carbocycles. The molecule has 0 unspecified atom stereocenters. The number of benzene rings is 4. The molecule has 1 aliphatic rings. The monoisotopic (exact) mass is 587 g/mol. The summed E-state index contributed by atoms with van der Waals surface area (Å²) in [4.78, 5) is 13.0. The number of amides is 1. The van der Waals surface area contributed by atoms with Crippen LogP contribution in [0.4, 0.5) is 17.1 Å². The lowest BCUT2D eigenvalue weighted by Gasteiger charge is -2.31. The molecule has 12 heteroatoms. The minimum atomic E-state index is -3.99. The predicted molar refractivity (Wildman–Crippen MR) is 149 cm³/mol. The fourth-order valence-corrected chi connectivity index (χ4v) is 7.21. The minimum absolute atomic E-state index is 0.0680. The SMILES string of the molecule is O=C(CN1c2ccccc2-c2ccccc2S1(=O)=O)Nc1ccc(S(=O)(=O)Nc2cccc(Cl)c2Cl)cc1. The molecule has 0 bridgehead atoms. The Morgan fingerprint density at radius 2 is 1.47 bits per heavy atom. The molecule has 38 heavy (non-hydrogen) atoms. The van der Waals surface area contributed by atoms with Crippen LogP contribution in [0.1, 0.15) is 0 Å². The number of nitrogens with zero attached hydrogens (tertiary/aromatic N) is 1. The van der Waals surface area contributed by atoms with Crippen LogP contribution in [0.2, 0.25) is 10.0 Å². The van der Waals surface area contributed by atoms with Crippen molar-refractivity contribution in [2.45, 2.75) is 9.79 Å². The van der Waals surface area contributed by atoms with Crippen LogP contribution in [0.5, 0.6) is 0 Å². The van der Waals surface area contributed by atoms with Crippen LogP contribution >= 0.6 is 23.2 Å². The van der Waals surface area contributed by atoms with Gasteiger partial charge < -0.3 is 5.32 Å². The number of carbonyl (C=O) groups excluding carboxylic acids is 1. The lowest BCUT2D eigenvalue weighted by Crippen LogP contribution is -2.40. The first-order valence-electron chi connectivity index (χ1n) is 11.2. The second kappa shape index (κ2) is 9.95. The molecule has 0 radical (unpaired) electrons. The van der Waals surface area contributed by atoms with E-state index in [1.165, 1.54) is 42.5 Å². The highest BCUT2D eigenvalue weighted by Crippen LogP contribution is 2.42. The molecule has 1 aliphatic heterocycles. The molecular formula is C26H19Cl2N3O5S2. The number of hydrogen-bond acceptors (Lipinski definition) is 5. The van der Waals surface area contributed by atoms with Gasteiger partial charge in [0, 0.05) is 16.8 Å². The van der Waals surface area contributed by atoms with Crippen LogP contribution < -0.4 is 14.3 Å². The van der Waals surface area contributed by atoms with E-state index < -0.39 is 32.5 Å². The summed E-state index contributed by atoms with van der Waals surface area (Å²) < 4.78 is 55.7. The largest absolute Gasteiger partial charge is 0.325 e. The fourth-order valence-electron chi connectivity index (χ4n) is 4.09. The zero-order valence-electron chi connectivity index (χ0n) is 19.4. The zero-order valence-corrected chi connectivity index (χ0v) is 22.6. The second-order valence-electron chi connectivity index (χ2n) is 8.30. The maximum Gasteiger partial charge on any atom is 0.265 e. The highest BCUT2D eigenvalue weighted by Gasteiger charge is 2.35. The Morgan fingerprint density at radius 1 is 0.816 bits per heavy atom. The minimum Gasteiger partial charge on any atom is -0.325 e. The van der Waals surface area contributed by atoms with E-state index in [4.69, 9.17) is 23.2 Å². The van der Waals surface area contributed by atoms with Gasteiger partial charge in [0.1, 0.15) is 6.54 Å². The molecule has 5 rings (SSSR count). The van der Waals surface area contributed by atoms with Crippen molar-refractivity contribution in [1.82, 2.24) is 0 Å². The van der Waals surface area contributed by atoms with Crippen molar-refractivity contribution >= 4 is 66.2 Å². The number of halogens is 2. The van der Waals surface area contributed by atoms with Crippen molar-refractivity contribution in [3.8, 4) is 11.1 Å². The molecular weight excluding hydrogens is 569 g/mol. The van der Waals surface area contributed by atoms with Gasteiger partial charge in [0.05, 0.1) is 31.2 Å². The first kappa shape index (κ1) is 26.1. The first-order chi connectivity index (χ1) is 18.1. The molecule has 0 fully saturated rings. The lowest BCUT2D eigenvalue weighted by molar-refractivity contribution is -0.114. The van der Waals surface area contributed by atoms with Crippen molar-refractivity contribution in [2.75, 3.05) is 20.9 Å². The summed E-state index contributed by atoms with van der Waals surface area (Å²) in [6, 6.07) is 23.6. The van der Waals surface area contributed by atoms with Crippen molar-refractivity contribution in [1.29, 1.82) is 0 Å². The molecule has 4 aromatic carbocycles. The average molecular weight is 588 g/mol. The molecule has 0 spiro atoms. The topological polar surface area (TPSA) is 113 Å². The summed E-state index contributed by atoms with van der Waals surface area (Å²) >= 11 is 12.0. The van der Waals surface area contributed by atoms with E-state index in [0.717, 1.165) is 4.31 Å². The van der Waals surface area contributed by atoms with Crippen molar-refractivity contribution in [3.05, 3.63) is 101 Å². The molecule has 1 heterocycles. The third kappa shape index (κ3) is 4.83. The van der Waals surface area contributed by atoms with Gasteiger partial charge in [-0.05, 0) is 48.5 Å². The maximum absolute atomic E-state index is 13.4. The van der Waals surface area contributed by atoms with E-state index in [9.17, 15) is 21.6 Å². The normalized spacial score (nSPS) is 13.8. The standard InChI is InChI=1S/C26H19Cl2N3O5S2/c27-21-8-5-9-22(26(21)28)30-37(33,34)18-14-12-17(13-15-18)29-25(32)16-31-23-10-3-1-6-19(23)20-7-2-4-11-24(20)38(31,35)36/h1-15,30H,16H2,(H,29,32). The second-order valence-corrected chi connectivity index (χ2v) is 12.6. The van der Waals surface area contributed by atoms with Gasteiger partial charge in [-0.3, -0.25) is 13.8 Å². The average Bonchev–Trinajstić information content (AvgIpc) is 2.89. The number of sulfonamides is 2. The third-order valence-corrected chi connectivity index (χ3v) is 9.87. The van der Waals surface area contributed by atoms with E-state index in [1.54, 1.807) is 48.5 Å². The molecule has 2 N–H and O–H groups in total. The molecule has 8 nitrogen and oxygen atoms in total. The number of anilines is 3. The van der Waals surface area contributed by atoms with Gasteiger partial charge >= 0.3 is 0 Å². The Morgan fingerprint density at radius 3 is 2.21 bits per heavy atom. The molecule has 0 aliphatic carbocycles. The third-order valence-electron chi connectivity index (χ3n) is 5.85. The van der Waals surface area contributed by atoms with Crippen molar-refractivity contribution < 1.29 is 21.6 Å². The highest BCUT2D eigenvalue weighted by atomic mass is 35.5. The maximum atomic E-state index is 13.4. The van der Waals surface area contributed by atoms with Crippen LogP contribution in [0.15, 0.2) is 101 Å². The van der Waals surface area contributed by atoms with Crippen LogP contribution in [-0.4, -0.2) is 29.3 Å². The van der Waals surface area contributed by atoms with Crippen molar-refractivity contribution in [2.24, 2.45) is 0 Å². The van der Waals surface area contributed by atoms with E-state index in [0.29, 0.717) is 16.8 Å². The molecule has 194 valence electrons. The van der Waals surface area contributed by atoms with Crippen LogP contribution in [-0.2, 0) is 24.8 Å². The molecule has 4 aromatic rings. The lowest BCUT2D eigenvalue weighted by atomic mass is 10.0. The summed E-state index contributed by atoms with van der Waals surface area (Å²) in [5, 5.41) is 2.90. The Hall–Kier alpha value is -3.57. The van der Waals surface area contributed by atoms with Crippen molar-refractivity contribution in [3.63, 3.8) is 0 Å². The molecule has 0 atom stereocenters. The van der Waals surface area contributed by atoms with E-state index in [1.807, 2.05) is 0 Å². The summed E-state index contributed by atoms with van der Waals surface area (Å²) in [6.07, 6.45) is 0. The van der Waals surface area contributed by atoms with E-state index in [-0.39, 0.29) is 31.2 Å². The fraction of sp³-hybridized carbons (Fsp3) is 0.0385.